The molecule has 0 aromatic heterocycles. The Kier molecular flexibility index (Phi) is 8.26. The van der Waals surface area contributed by atoms with Gasteiger partial charge in [0, 0.05) is 16.8 Å². The minimum absolute atomic E-state index is 0.131. The summed E-state index contributed by atoms with van der Waals surface area (Å²) in [4.78, 5) is 11.9. The van der Waals surface area contributed by atoms with E-state index in [4.69, 9.17) is 9.47 Å². The summed E-state index contributed by atoms with van der Waals surface area (Å²) in [5.74, 6) is 5.54. The molecule has 1 aromatic carbocycles. The molecule has 5 heteroatoms. The van der Waals surface area contributed by atoms with Gasteiger partial charge in [0.1, 0.15) is 0 Å². The van der Waals surface area contributed by atoms with E-state index < -0.39 is 6.29 Å². The van der Waals surface area contributed by atoms with Crippen LogP contribution in [-0.2, 0) is 9.47 Å². The van der Waals surface area contributed by atoms with Crippen molar-refractivity contribution in [3.63, 3.8) is 0 Å². The number of hydrogen-bond donors (Lipinski definition) is 1. The first-order chi connectivity index (χ1) is 9.69. The van der Waals surface area contributed by atoms with Gasteiger partial charge in [-0.15, -0.1) is 0 Å². The first-order valence-corrected chi connectivity index (χ1v) is 7.51. The second-order valence-electron chi connectivity index (χ2n) is 3.73. The topological polar surface area (TPSA) is 47.6 Å². The van der Waals surface area contributed by atoms with Gasteiger partial charge in [0.25, 0.3) is 5.91 Å². The van der Waals surface area contributed by atoms with E-state index in [0.29, 0.717) is 18.8 Å². The largest absolute Gasteiger partial charge is 0.342 e. The number of benzene rings is 1. The van der Waals surface area contributed by atoms with E-state index in [2.05, 4.69) is 39.7 Å². The lowest BCUT2D eigenvalue weighted by atomic mass is 10.2. The van der Waals surface area contributed by atoms with Crippen LogP contribution in [-0.4, -0.2) is 32.0 Å². The van der Waals surface area contributed by atoms with E-state index in [-0.39, 0.29) is 12.5 Å². The van der Waals surface area contributed by atoms with Crippen LogP contribution in [0.3, 0.4) is 0 Å². The smallest absolute Gasteiger partial charge is 0.253 e. The Bertz CT molecular complexity index is 487. The van der Waals surface area contributed by atoms with E-state index in [1.54, 1.807) is 6.07 Å². The molecule has 0 aliphatic rings. The molecule has 1 N–H and O–H groups in total. The molecule has 1 amide bonds. The molecule has 0 fully saturated rings. The van der Waals surface area contributed by atoms with E-state index >= 15 is 0 Å². The van der Waals surface area contributed by atoms with E-state index in [1.165, 1.54) is 0 Å². The Hall–Kier alpha value is -1.10. The molecule has 0 bridgehead atoms. The molecule has 4 nitrogen and oxygen atoms in total. The molecular formula is C15H18INO3. The summed E-state index contributed by atoms with van der Waals surface area (Å²) < 4.78 is 11.5. The highest BCUT2D eigenvalue weighted by Gasteiger charge is 2.07. The fourth-order valence-electron chi connectivity index (χ4n) is 1.43. The van der Waals surface area contributed by atoms with E-state index in [0.717, 1.165) is 3.57 Å². The van der Waals surface area contributed by atoms with Crippen molar-refractivity contribution in [1.29, 1.82) is 0 Å². The maximum Gasteiger partial charge on any atom is 0.253 e. The Morgan fingerprint density at radius 1 is 1.30 bits per heavy atom. The number of carbonyl (C=O) groups excluding carboxylic acids is 1. The molecule has 0 aliphatic heterocycles. The number of rotatable bonds is 6. The molecule has 1 rings (SSSR count). The van der Waals surface area contributed by atoms with Gasteiger partial charge in [0.05, 0.1) is 12.1 Å². The average molecular weight is 387 g/mol. The number of carbonyl (C=O) groups is 1. The van der Waals surface area contributed by atoms with Gasteiger partial charge >= 0.3 is 0 Å². The van der Waals surface area contributed by atoms with Crippen LogP contribution < -0.4 is 5.32 Å². The molecular weight excluding hydrogens is 369 g/mol. The molecule has 1 aromatic rings. The maximum absolute atomic E-state index is 11.9. The minimum Gasteiger partial charge on any atom is -0.342 e. The summed E-state index contributed by atoms with van der Waals surface area (Å²) in [6, 6.07) is 7.41. The zero-order valence-electron chi connectivity index (χ0n) is 11.6. The summed E-state index contributed by atoms with van der Waals surface area (Å²) in [6.45, 7) is 5.10. The molecule has 20 heavy (non-hydrogen) atoms. The van der Waals surface area contributed by atoms with Crippen LogP contribution in [0, 0.1) is 15.4 Å². The molecule has 0 radical (unpaired) electrons. The second kappa shape index (κ2) is 9.75. The quantitative estimate of drug-likeness (QED) is 0.464. The van der Waals surface area contributed by atoms with Crippen LogP contribution in [0.1, 0.15) is 24.2 Å². The molecule has 0 saturated carbocycles. The van der Waals surface area contributed by atoms with Crippen molar-refractivity contribution in [3.05, 3.63) is 33.4 Å². The molecule has 0 heterocycles. The molecule has 0 spiro atoms. The Morgan fingerprint density at radius 2 is 1.95 bits per heavy atom. The van der Waals surface area contributed by atoms with Crippen molar-refractivity contribution in [2.24, 2.45) is 0 Å². The molecule has 0 saturated heterocycles. The summed E-state index contributed by atoms with van der Waals surface area (Å²) in [5.41, 5.74) is 0.654. The van der Waals surface area contributed by atoms with Gasteiger partial charge < -0.3 is 14.8 Å². The molecule has 0 atom stereocenters. The van der Waals surface area contributed by atoms with E-state index in [9.17, 15) is 4.79 Å². The monoisotopic (exact) mass is 387 g/mol. The van der Waals surface area contributed by atoms with Gasteiger partial charge in [-0.25, -0.2) is 0 Å². The van der Waals surface area contributed by atoms with Crippen LogP contribution in [0.15, 0.2) is 24.3 Å². The third kappa shape index (κ3) is 5.90. The lowest BCUT2D eigenvalue weighted by Crippen LogP contribution is -2.24. The molecule has 0 unspecified atom stereocenters. The highest BCUT2D eigenvalue weighted by molar-refractivity contribution is 14.1. The number of amides is 1. The SMILES string of the molecule is CCOC(C#CCNC(=O)c1ccccc1I)OCC. The van der Waals surface area contributed by atoms with Crippen molar-refractivity contribution in [2.75, 3.05) is 19.8 Å². The van der Waals surface area contributed by atoms with Crippen LogP contribution in [0.5, 0.6) is 0 Å². The van der Waals surface area contributed by atoms with Crippen molar-refractivity contribution < 1.29 is 14.3 Å². The van der Waals surface area contributed by atoms with Gasteiger partial charge in [-0.1, -0.05) is 18.1 Å². The zero-order chi connectivity index (χ0) is 14.8. The van der Waals surface area contributed by atoms with Gasteiger partial charge in [0.15, 0.2) is 0 Å². The lowest BCUT2D eigenvalue weighted by Gasteiger charge is -2.09. The standard InChI is InChI=1S/C15H18INO3/c1-3-19-14(20-4-2)10-7-11-17-15(18)12-8-5-6-9-13(12)16/h5-6,8-9,14H,3-4,11H2,1-2H3,(H,17,18). The predicted molar refractivity (Wildman–Crippen MR) is 86.3 cm³/mol. The highest BCUT2D eigenvalue weighted by Crippen LogP contribution is 2.10. The zero-order valence-corrected chi connectivity index (χ0v) is 13.8. The third-order valence-corrected chi connectivity index (χ3v) is 3.25. The Labute approximate surface area is 133 Å². The maximum atomic E-state index is 11.9. The number of halogens is 1. The summed E-state index contributed by atoms with van der Waals surface area (Å²) in [5, 5.41) is 2.75. The fourth-order valence-corrected chi connectivity index (χ4v) is 2.07. The molecule has 108 valence electrons. The fraction of sp³-hybridized carbons (Fsp3) is 0.400. The van der Waals surface area contributed by atoms with E-state index in [1.807, 2.05) is 32.0 Å². The minimum atomic E-state index is -0.529. The van der Waals surface area contributed by atoms with Crippen molar-refractivity contribution >= 4 is 28.5 Å². The Morgan fingerprint density at radius 3 is 2.55 bits per heavy atom. The number of nitrogens with one attached hydrogen (secondary N) is 1. The first kappa shape index (κ1) is 17.0. The predicted octanol–water partition coefficient (Wildman–Crippen LogP) is 2.42. The van der Waals surface area contributed by atoms with Crippen molar-refractivity contribution in [2.45, 2.75) is 20.1 Å². The summed E-state index contributed by atoms with van der Waals surface area (Å²) >= 11 is 2.13. The van der Waals surface area contributed by atoms with Crippen LogP contribution in [0.2, 0.25) is 0 Å². The van der Waals surface area contributed by atoms with Crippen LogP contribution in [0.4, 0.5) is 0 Å². The van der Waals surface area contributed by atoms with Gasteiger partial charge in [0.2, 0.25) is 6.29 Å². The third-order valence-electron chi connectivity index (χ3n) is 2.31. The van der Waals surface area contributed by atoms with Gasteiger partial charge in [-0.3, -0.25) is 4.79 Å². The van der Waals surface area contributed by atoms with Crippen molar-refractivity contribution in [1.82, 2.24) is 5.32 Å². The average Bonchev–Trinajstić information content (AvgIpc) is 2.44. The second-order valence-corrected chi connectivity index (χ2v) is 4.89. The normalized spacial score (nSPS) is 10.0. The van der Waals surface area contributed by atoms with Gasteiger partial charge in [-0.05, 0) is 54.5 Å². The summed E-state index contributed by atoms with van der Waals surface area (Å²) in [7, 11) is 0. The van der Waals surface area contributed by atoms with Gasteiger partial charge in [-0.2, -0.15) is 0 Å². The first-order valence-electron chi connectivity index (χ1n) is 6.43. The molecule has 0 aliphatic carbocycles. The van der Waals surface area contributed by atoms with Crippen LogP contribution >= 0.6 is 22.6 Å². The Balaban J connectivity index is 2.48. The highest BCUT2D eigenvalue weighted by atomic mass is 127. The number of hydrogen-bond acceptors (Lipinski definition) is 3. The van der Waals surface area contributed by atoms with Crippen LogP contribution in [0.25, 0.3) is 0 Å². The lowest BCUT2D eigenvalue weighted by molar-refractivity contribution is -0.0970. The van der Waals surface area contributed by atoms with Crippen molar-refractivity contribution in [3.8, 4) is 11.8 Å². The number of ether oxygens (including phenoxy) is 2. The summed E-state index contributed by atoms with van der Waals surface area (Å²) in [6.07, 6.45) is -0.529.